The van der Waals surface area contributed by atoms with E-state index in [1.165, 1.54) is 32.1 Å². The summed E-state index contributed by atoms with van der Waals surface area (Å²) in [6.45, 7) is 12.6. The van der Waals surface area contributed by atoms with E-state index >= 15 is 0 Å². The first-order valence-corrected chi connectivity index (χ1v) is 13.5. The van der Waals surface area contributed by atoms with E-state index in [4.69, 9.17) is 18.0 Å². The van der Waals surface area contributed by atoms with Gasteiger partial charge in [-0.2, -0.15) is 0 Å². The van der Waals surface area contributed by atoms with Crippen molar-refractivity contribution in [3.63, 3.8) is 0 Å². The number of hydrogen-bond donors (Lipinski definition) is 0. The Morgan fingerprint density at radius 1 is 0.714 bits per heavy atom. The lowest BCUT2D eigenvalue weighted by molar-refractivity contribution is -0.144. The Morgan fingerprint density at radius 3 is 1.75 bits per heavy atom. The number of esters is 1. The van der Waals surface area contributed by atoms with E-state index in [-0.39, 0.29) is 11.5 Å². The molecule has 0 saturated carbocycles. The second-order valence-corrected chi connectivity index (χ2v) is 10.2. The highest BCUT2D eigenvalue weighted by molar-refractivity contribution is 6.62. The second-order valence-electron chi connectivity index (χ2n) is 7.27. The Balaban J connectivity index is 4.83. The number of rotatable bonds is 20. The van der Waals surface area contributed by atoms with Crippen LogP contribution in [0.5, 0.6) is 0 Å². The van der Waals surface area contributed by atoms with E-state index in [2.05, 4.69) is 13.8 Å². The molecule has 0 rings (SSSR count). The van der Waals surface area contributed by atoms with E-state index in [0.717, 1.165) is 25.7 Å². The van der Waals surface area contributed by atoms with Crippen molar-refractivity contribution < 1.29 is 22.8 Å². The highest BCUT2D eigenvalue weighted by Crippen LogP contribution is 2.35. The molecule has 0 aromatic rings. The van der Waals surface area contributed by atoms with E-state index in [0.29, 0.717) is 39.3 Å². The Labute approximate surface area is 175 Å². The molecule has 0 fully saturated rings. The van der Waals surface area contributed by atoms with Gasteiger partial charge >= 0.3 is 14.8 Å². The third-order valence-corrected chi connectivity index (χ3v) is 8.55. The molecule has 0 aliphatic rings. The van der Waals surface area contributed by atoms with Crippen LogP contribution in [0.15, 0.2) is 0 Å². The largest absolute Gasteiger partial charge is 0.504 e. The second kappa shape index (κ2) is 18.6. The molecule has 0 aliphatic carbocycles. The van der Waals surface area contributed by atoms with Crippen molar-refractivity contribution in [3.05, 3.63) is 0 Å². The van der Waals surface area contributed by atoms with Gasteiger partial charge in [0.1, 0.15) is 0 Å². The molecule has 6 heteroatoms. The molecule has 0 amide bonds. The topological polar surface area (TPSA) is 54.0 Å². The molecule has 0 aliphatic heterocycles. The van der Waals surface area contributed by atoms with E-state index in [1.807, 2.05) is 20.8 Å². The van der Waals surface area contributed by atoms with Crippen molar-refractivity contribution >= 4 is 14.8 Å². The third-order valence-electron chi connectivity index (χ3n) is 4.90. The number of hydrogen-bond acceptors (Lipinski definition) is 5. The number of carbonyl (C=O) groups is 1. The Kier molecular flexibility index (Phi) is 18.3. The Bertz CT molecular complexity index is 348. The van der Waals surface area contributed by atoms with Crippen LogP contribution in [0.25, 0.3) is 0 Å². The molecule has 168 valence electrons. The monoisotopic (exact) mass is 418 g/mol. The number of ether oxygens (including phenoxy) is 1. The molecule has 1 unspecified atom stereocenters. The molecule has 0 spiro atoms. The summed E-state index contributed by atoms with van der Waals surface area (Å²) in [6.07, 6.45) is 11.3. The van der Waals surface area contributed by atoms with Crippen molar-refractivity contribution in [2.75, 3.05) is 26.4 Å². The quantitative estimate of drug-likeness (QED) is 0.132. The first-order valence-electron chi connectivity index (χ1n) is 11.7. The lowest BCUT2D eigenvalue weighted by atomic mass is 10.1. The number of carbonyl (C=O) groups excluding carboxylic acids is 1. The molecule has 0 aromatic carbocycles. The first kappa shape index (κ1) is 27.6. The maximum absolute atomic E-state index is 12.2. The van der Waals surface area contributed by atoms with Crippen LogP contribution in [0.2, 0.25) is 5.54 Å². The smallest absolute Gasteiger partial charge is 0.466 e. The summed E-state index contributed by atoms with van der Waals surface area (Å²) < 4.78 is 23.8. The van der Waals surface area contributed by atoms with E-state index in [1.54, 1.807) is 0 Å². The minimum atomic E-state index is -2.81. The van der Waals surface area contributed by atoms with Crippen molar-refractivity contribution in [1.29, 1.82) is 0 Å². The zero-order valence-corrected chi connectivity index (χ0v) is 20.2. The van der Waals surface area contributed by atoms with E-state index in [9.17, 15) is 4.79 Å². The molecule has 0 saturated heterocycles. The van der Waals surface area contributed by atoms with Gasteiger partial charge in [0.15, 0.2) is 0 Å². The normalized spacial score (nSPS) is 12.9. The van der Waals surface area contributed by atoms with Crippen LogP contribution in [0.4, 0.5) is 0 Å². The van der Waals surface area contributed by atoms with Gasteiger partial charge < -0.3 is 18.0 Å². The summed E-state index contributed by atoms with van der Waals surface area (Å²) in [5.74, 6) is -0.109. The van der Waals surface area contributed by atoms with Crippen LogP contribution < -0.4 is 0 Å². The predicted molar refractivity (Wildman–Crippen MR) is 117 cm³/mol. The number of unbranched alkanes of at least 4 members (excludes halogenated alkanes) is 6. The summed E-state index contributed by atoms with van der Waals surface area (Å²) >= 11 is 0. The maximum Gasteiger partial charge on any atom is 0.504 e. The van der Waals surface area contributed by atoms with Crippen LogP contribution in [0.1, 0.15) is 105 Å². The minimum Gasteiger partial charge on any atom is -0.466 e. The van der Waals surface area contributed by atoms with Gasteiger partial charge in [0.2, 0.25) is 0 Å². The van der Waals surface area contributed by atoms with Gasteiger partial charge in [-0.25, -0.2) is 0 Å². The van der Waals surface area contributed by atoms with E-state index < -0.39 is 8.80 Å². The molecule has 0 radical (unpaired) electrons. The summed E-state index contributed by atoms with van der Waals surface area (Å²) in [5.41, 5.74) is 0.150. The molecule has 0 bridgehead atoms. The predicted octanol–water partition coefficient (Wildman–Crippen LogP) is 6.28. The van der Waals surface area contributed by atoms with Gasteiger partial charge in [0.05, 0.1) is 6.61 Å². The highest BCUT2D eigenvalue weighted by Gasteiger charge is 2.48. The zero-order chi connectivity index (χ0) is 21.1. The minimum absolute atomic E-state index is 0.109. The Morgan fingerprint density at radius 2 is 1.25 bits per heavy atom. The average Bonchev–Trinajstić information content (AvgIpc) is 2.67. The summed E-state index contributed by atoms with van der Waals surface area (Å²) in [4.78, 5) is 12.2. The standard InChI is InChI=1S/C22H46O5Si/c1-6-11-13-15-17-21(28(25-8-3,26-9-4)27-10-5)18-19-22(23)24-20-16-14-12-7-2/h21H,6-20H2,1-5H3. The third kappa shape index (κ3) is 12.2. The molecule has 28 heavy (non-hydrogen) atoms. The Hall–Kier alpha value is -0.433. The fourth-order valence-electron chi connectivity index (χ4n) is 3.48. The molecule has 5 nitrogen and oxygen atoms in total. The summed E-state index contributed by atoms with van der Waals surface area (Å²) in [6, 6.07) is 0. The van der Waals surface area contributed by atoms with Crippen LogP contribution in [-0.2, 0) is 22.8 Å². The highest BCUT2D eigenvalue weighted by atomic mass is 28.4. The molecule has 1 atom stereocenters. The van der Waals surface area contributed by atoms with Crippen molar-refractivity contribution in [3.8, 4) is 0 Å². The van der Waals surface area contributed by atoms with Gasteiger partial charge in [-0.3, -0.25) is 4.79 Å². The van der Waals surface area contributed by atoms with Gasteiger partial charge in [0.25, 0.3) is 0 Å². The fourth-order valence-corrected chi connectivity index (χ4v) is 6.70. The van der Waals surface area contributed by atoms with Crippen LogP contribution in [0, 0.1) is 0 Å². The lowest BCUT2D eigenvalue weighted by Gasteiger charge is -2.35. The van der Waals surface area contributed by atoms with Crippen LogP contribution in [0.3, 0.4) is 0 Å². The molecule has 0 heterocycles. The van der Waals surface area contributed by atoms with Gasteiger partial charge in [-0.05, 0) is 40.0 Å². The first-order chi connectivity index (χ1) is 13.6. The van der Waals surface area contributed by atoms with Gasteiger partial charge in [-0.15, -0.1) is 0 Å². The van der Waals surface area contributed by atoms with Crippen LogP contribution in [-0.4, -0.2) is 41.2 Å². The van der Waals surface area contributed by atoms with Gasteiger partial charge in [0, 0.05) is 31.8 Å². The molecular weight excluding hydrogens is 372 g/mol. The molecule has 0 N–H and O–H groups in total. The van der Waals surface area contributed by atoms with Crippen molar-refractivity contribution in [2.45, 2.75) is 111 Å². The average molecular weight is 419 g/mol. The van der Waals surface area contributed by atoms with Crippen molar-refractivity contribution in [2.24, 2.45) is 0 Å². The molecular formula is C22H46O5Si. The van der Waals surface area contributed by atoms with Crippen molar-refractivity contribution in [1.82, 2.24) is 0 Å². The summed E-state index contributed by atoms with van der Waals surface area (Å²) in [7, 11) is -2.81. The SMILES string of the molecule is CCCCCCOC(=O)CCC(CCCCCC)[Si](OCC)(OCC)OCC. The molecule has 0 aromatic heterocycles. The van der Waals surface area contributed by atoms with Gasteiger partial charge in [-0.1, -0.05) is 58.8 Å². The maximum atomic E-state index is 12.2. The summed E-state index contributed by atoms with van der Waals surface area (Å²) in [5, 5.41) is 0. The fraction of sp³-hybridized carbons (Fsp3) is 0.955. The zero-order valence-electron chi connectivity index (χ0n) is 19.2. The van der Waals surface area contributed by atoms with Crippen LogP contribution >= 0.6 is 0 Å². The lowest BCUT2D eigenvalue weighted by Crippen LogP contribution is -2.50.